The average molecular weight is 231 g/mol. The molecule has 0 aromatic rings. The molecule has 4 heteroatoms. The molecule has 0 aromatic heterocycles. The summed E-state index contributed by atoms with van der Waals surface area (Å²) in [6, 6.07) is -0.377. The molecule has 3 nitrogen and oxygen atoms in total. The monoisotopic (exact) mass is 231 g/mol. The van der Waals surface area contributed by atoms with Crippen LogP contribution in [0, 0.1) is 0 Å². The summed E-state index contributed by atoms with van der Waals surface area (Å²) < 4.78 is 18.7. The summed E-state index contributed by atoms with van der Waals surface area (Å²) in [7, 11) is 0. The Bertz CT molecular complexity index is 238. The largest absolute Gasteiger partial charge is 0.444 e. The fourth-order valence-electron chi connectivity index (χ4n) is 1.88. The summed E-state index contributed by atoms with van der Waals surface area (Å²) in [6.45, 7) is 5.39. The van der Waals surface area contributed by atoms with E-state index in [0.717, 1.165) is 19.3 Å². The first-order chi connectivity index (χ1) is 7.38. The number of alkyl halides is 1. The minimum atomic E-state index is -0.935. The molecule has 0 radical (unpaired) electrons. The zero-order valence-corrected chi connectivity index (χ0v) is 10.4. The van der Waals surface area contributed by atoms with E-state index in [2.05, 4.69) is 5.32 Å². The minimum Gasteiger partial charge on any atom is -0.444 e. The van der Waals surface area contributed by atoms with E-state index in [1.54, 1.807) is 20.8 Å². The molecule has 94 valence electrons. The molecule has 0 aliphatic heterocycles. The van der Waals surface area contributed by atoms with Crippen molar-refractivity contribution in [3.63, 3.8) is 0 Å². The van der Waals surface area contributed by atoms with E-state index < -0.39 is 17.9 Å². The first-order valence-corrected chi connectivity index (χ1v) is 6.02. The number of hydrogen-bond acceptors (Lipinski definition) is 2. The standard InChI is InChI=1S/C12H22FNO2/c1-12(2,3)16-11(15)14-10-8-6-4-5-7-9(10)13/h9-10H,4-8H2,1-3H3,(H,14,15). The Morgan fingerprint density at radius 2 is 1.88 bits per heavy atom. The van der Waals surface area contributed by atoms with Crippen molar-refractivity contribution >= 4 is 6.09 Å². The molecule has 1 saturated carbocycles. The Morgan fingerprint density at radius 3 is 2.50 bits per heavy atom. The zero-order chi connectivity index (χ0) is 12.2. The topological polar surface area (TPSA) is 38.3 Å². The maximum absolute atomic E-state index is 13.6. The van der Waals surface area contributed by atoms with E-state index in [9.17, 15) is 9.18 Å². The first-order valence-electron chi connectivity index (χ1n) is 6.02. The Balaban J connectivity index is 2.42. The van der Waals surface area contributed by atoms with Crippen LogP contribution in [0.25, 0.3) is 0 Å². The van der Waals surface area contributed by atoms with Gasteiger partial charge in [0.15, 0.2) is 0 Å². The van der Waals surface area contributed by atoms with Crippen molar-refractivity contribution in [3.8, 4) is 0 Å². The molecular weight excluding hydrogens is 209 g/mol. The van der Waals surface area contributed by atoms with Crippen LogP contribution in [0.3, 0.4) is 0 Å². The Labute approximate surface area is 96.7 Å². The second kappa shape index (κ2) is 5.51. The lowest BCUT2D eigenvalue weighted by Crippen LogP contribution is -2.43. The highest BCUT2D eigenvalue weighted by Gasteiger charge is 2.26. The number of ether oxygens (including phenoxy) is 1. The summed E-state index contributed by atoms with van der Waals surface area (Å²) in [4.78, 5) is 11.5. The van der Waals surface area contributed by atoms with Crippen molar-refractivity contribution in [1.82, 2.24) is 5.32 Å². The molecule has 0 saturated heterocycles. The lowest BCUT2D eigenvalue weighted by Gasteiger charge is -2.24. The van der Waals surface area contributed by atoms with Gasteiger partial charge in [0.25, 0.3) is 0 Å². The van der Waals surface area contributed by atoms with Crippen molar-refractivity contribution in [2.75, 3.05) is 0 Å². The number of hydrogen-bond donors (Lipinski definition) is 1. The van der Waals surface area contributed by atoms with Crippen LogP contribution >= 0.6 is 0 Å². The summed E-state index contributed by atoms with van der Waals surface area (Å²) in [5.41, 5.74) is -0.527. The van der Waals surface area contributed by atoms with Crippen LogP contribution in [0.1, 0.15) is 52.9 Å². The quantitative estimate of drug-likeness (QED) is 0.704. The van der Waals surface area contributed by atoms with E-state index in [1.807, 2.05) is 0 Å². The lowest BCUT2D eigenvalue weighted by atomic mass is 10.1. The van der Waals surface area contributed by atoms with Crippen LogP contribution in [0.15, 0.2) is 0 Å². The summed E-state index contributed by atoms with van der Waals surface area (Å²) in [5.74, 6) is 0. The maximum Gasteiger partial charge on any atom is 0.407 e. The molecule has 0 heterocycles. The number of amides is 1. The van der Waals surface area contributed by atoms with Crippen LogP contribution in [-0.2, 0) is 4.74 Å². The van der Waals surface area contributed by atoms with E-state index in [-0.39, 0.29) is 6.04 Å². The van der Waals surface area contributed by atoms with Gasteiger partial charge in [0.1, 0.15) is 11.8 Å². The van der Waals surface area contributed by atoms with Gasteiger partial charge in [0.2, 0.25) is 0 Å². The minimum absolute atomic E-state index is 0.377. The molecule has 1 fully saturated rings. The fraction of sp³-hybridized carbons (Fsp3) is 0.917. The molecule has 1 N–H and O–H groups in total. The zero-order valence-electron chi connectivity index (χ0n) is 10.4. The summed E-state index contributed by atoms with van der Waals surface area (Å²) >= 11 is 0. The molecular formula is C12H22FNO2. The number of carbonyl (C=O) groups is 1. The molecule has 2 atom stereocenters. The van der Waals surface area contributed by atoms with Crippen LogP contribution in [0.2, 0.25) is 0 Å². The summed E-state index contributed by atoms with van der Waals surface area (Å²) in [5, 5.41) is 2.63. The third-order valence-corrected chi connectivity index (χ3v) is 2.63. The van der Waals surface area contributed by atoms with Gasteiger partial charge in [-0.1, -0.05) is 19.3 Å². The van der Waals surface area contributed by atoms with E-state index in [0.29, 0.717) is 12.8 Å². The van der Waals surface area contributed by atoms with Gasteiger partial charge in [-0.25, -0.2) is 9.18 Å². The molecule has 1 amide bonds. The molecule has 2 unspecified atom stereocenters. The van der Waals surface area contributed by atoms with Gasteiger partial charge in [-0.05, 0) is 33.6 Å². The van der Waals surface area contributed by atoms with Gasteiger partial charge >= 0.3 is 6.09 Å². The predicted octanol–water partition coefficient (Wildman–Crippen LogP) is 3.18. The van der Waals surface area contributed by atoms with Crippen molar-refractivity contribution in [1.29, 1.82) is 0 Å². The SMILES string of the molecule is CC(C)(C)OC(=O)NC1CCCCCC1F. The number of carbonyl (C=O) groups excluding carboxylic acids is 1. The number of halogens is 1. The normalized spacial score (nSPS) is 27.0. The Hall–Kier alpha value is -0.800. The van der Waals surface area contributed by atoms with Gasteiger partial charge < -0.3 is 10.1 Å². The van der Waals surface area contributed by atoms with E-state index >= 15 is 0 Å². The third kappa shape index (κ3) is 4.81. The molecule has 1 rings (SSSR count). The van der Waals surface area contributed by atoms with E-state index in [1.165, 1.54) is 0 Å². The second-order valence-electron chi connectivity index (χ2n) is 5.41. The molecule has 0 aromatic carbocycles. The molecule has 0 spiro atoms. The second-order valence-corrected chi connectivity index (χ2v) is 5.41. The van der Waals surface area contributed by atoms with Crippen LogP contribution in [0.5, 0.6) is 0 Å². The van der Waals surface area contributed by atoms with Gasteiger partial charge in [0.05, 0.1) is 6.04 Å². The average Bonchev–Trinajstić information content (AvgIpc) is 2.29. The smallest absolute Gasteiger partial charge is 0.407 e. The van der Waals surface area contributed by atoms with Gasteiger partial charge in [-0.2, -0.15) is 0 Å². The van der Waals surface area contributed by atoms with Crippen molar-refractivity contribution in [3.05, 3.63) is 0 Å². The van der Waals surface area contributed by atoms with Crippen molar-refractivity contribution < 1.29 is 13.9 Å². The molecule has 16 heavy (non-hydrogen) atoms. The molecule has 1 aliphatic carbocycles. The Morgan fingerprint density at radius 1 is 1.25 bits per heavy atom. The molecule has 0 bridgehead atoms. The van der Waals surface area contributed by atoms with Crippen molar-refractivity contribution in [2.24, 2.45) is 0 Å². The van der Waals surface area contributed by atoms with E-state index in [4.69, 9.17) is 4.74 Å². The lowest BCUT2D eigenvalue weighted by molar-refractivity contribution is 0.0470. The number of nitrogens with one attached hydrogen (secondary N) is 1. The highest BCUT2D eigenvalue weighted by Crippen LogP contribution is 2.21. The van der Waals surface area contributed by atoms with Gasteiger partial charge in [0, 0.05) is 0 Å². The highest BCUT2D eigenvalue weighted by molar-refractivity contribution is 5.68. The highest BCUT2D eigenvalue weighted by atomic mass is 19.1. The van der Waals surface area contributed by atoms with Gasteiger partial charge in [-0.15, -0.1) is 0 Å². The molecule has 1 aliphatic rings. The Kier molecular flexibility index (Phi) is 4.56. The van der Waals surface area contributed by atoms with Crippen LogP contribution in [0.4, 0.5) is 9.18 Å². The van der Waals surface area contributed by atoms with Crippen LogP contribution in [-0.4, -0.2) is 23.9 Å². The number of alkyl carbamates (subject to hydrolysis) is 1. The van der Waals surface area contributed by atoms with Crippen LogP contribution < -0.4 is 5.32 Å². The maximum atomic E-state index is 13.6. The first kappa shape index (κ1) is 13.3. The van der Waals surface area contributed by atoms with Crippen molar-refractivity contribution in [2.45, 2.75) is 70.7 Å². The third-order valence-electron chi connectivity index (χ3n) is 2.63. The van der Waals surface area contributed by atoms with Gasteiger partial charge in [-0.3, -0.25) is 0 Å². The predicted molar refractivity (Wildman–Crippen MR) is 61.1 cm³/mol. The fourth-order valence-corrected chi connectivity index (χ4v) is 1.88. The summed E-state index contributed by atoms with van der Waals surface area (Å²) in [6.07, 6.45) is 2.74. The number of rotatable bonds is 1.